The summed E-state index contributed by atoms with van der Waals surface area (Å²) in [7, 11) is 0. The van der Waals surface area contributed by atoms with Crippen LogP contribution in [0.3, 0.4) is 0 Å². The van der Waals surface area contributed by atoms with E-state index in [0.717, 1.165) is 28.8 Å². The molecule has 1 N–H and O–H groups in total. The standard InChI is InChI=1S/C27H32N6O2/c1-2-12-29-25(34)21-31-14-16-32(17-15-31)26(35)11-10-24-20-33(19-22-7-4-3-5-8-22)30-27(24)23-9-6-13-28-18-23/h3-11,13,18,20H,2,12,14-17,19,21H2,1H3,(H,29,34)/b11-10+. The lowest BCUT2D eigenvalue weighted by molar-refractivity contribution is -0.128. The maximum Gasteiger partial charge on any atom is 0.246 e. The van der Waals surface area contributed by atoms with Gasteiger partial charge >= 0.3 is 0 Å². The first kappa shape index (κ1) is 24.3. The number of hydrogen-bond donors (Lipinski definition) is 1. The Morgan fingerprint density at radius 3 is 2.57 bits per heavy atom. The monoisotopic (exact) mass is 472 g/mol. The SMILES string of the molecule is CCCNC(=O)CN1CCN(C(=O)/C=C/c2cn(Cc3ccccc3)nc2-c2cccnc2)CC1. The zero-order valence-electron chi connectivity index (χ0n) is 20.1. The minimum absolute atomic E-state index is 0.0342. The molecule has 4 rings (SSSR count). The number of aromatic nitrogens is 3. The van der Waals surface area contributed by atoms with Gasteiger partial charge in [-0.25, -0.2) is 0 Å². The van der Waals surface area contributed by atoms with E-state index in [-0.39, 0.29) is 11.8 Å². The van der Waals surface area contributed by atoms with Gasteiger partial charge in [0.1, 0.15) is 5.69 Å². The number of piperazine rings is 1. The summed E-state index contributed by atoms with van der Waals surface area (Å²) in [5.74, 6) is 0.00926. The summed E-state index contributed by atoms with van der Waals surface area (Å²) in [5.41, 5.74) is 3.72. The van der Waals surface area contributed by atoms with E-state index in [0.29, 0.717) is 45.8 Å². The van der Waals surface area contributed by atoms with Crippen molar-refractivity contribution in [3.05, 3.63) is 78.3 Å². The Balaban J connectivity index is 1.41. The summed E-state index contributed by atoms with van der Waals surface area (Å²) in [6, 6.07) is 14.0. The van der Waals surface area contributed by atoms with Gasteiger partial charge in [-0.15, -0.1) is 0 Å². The number of amides is 2. The van der Waals surface area contributed by atoms with Crippen molar-refractivity contribution in [2.45, 2.75) is 19.9 Å². The highest BCUT2D eigenvalue weighted by Crippen LogP contribution is 2.23. The minimum atomic E-state index is -0.0342. The van der Waals surface area contributed by atoms with Crippen LogP contribution in [0.4, 0.5) is 0 Å². The Labute approximate surface area is 206 Å². The molecule has 3 heterocycles. The first-order valence-corrected chi connectivity index (χ1v) is 12.1. The van der Waals surface area contributed by atoms with Crippen LogP contribution >= 0.6 is 0 Å². The van der Waals surface area contributed by atoms with E-state index in [2.05, 4.69) is 27.3 Å². The topological polar surface area (TPSA) is 83.4 Å². The molecule has 0 saturated carbocycles. The van der Waals surface area contributed by atoms with Gasteiger partial charge in [0.2, 0.25) is 11.8 Å². The first-order valence-electron chi connectivity index (χ1n) is 12.1. The molecule has 1 aromatic carbocycles. The smallest absolute Gasteiger partial charge is 0.246 e. The Morgan fingerprint density at radius 2 is 1.86 bits per heavy atom. The zero-order valence-corrected chi connectivity index (χ0v) is 20.1. The number of benzene rings is 1. The first-order chi connectivity index (χ1) is 17.1. The molecule has 3 aromatic rings. The molecule has 2 aromatic heterocycles. The summed E-state index contributed by atoms with van der Waals surface area (Å²) >= 11 is 0. The fraction of sp³-hybridized carbons (Fsp3) is 0.333. The highest BCUT2D eigenvalue weighted by Gasteiger charge is 2.21. The van der Waals surface area contributed by atoms with Crippen molar-refractivity contribution in [1.29, 1.82) is 0 Å². The van der Waals surface area contributed by atoms with Crippen molar-refractivity contribution in [2.75, 3.05) is 39.3 Å². The minimum Gasteiger partial charge on any atom is -0.355 e. The molecule has 1 aliphatic rings. The molecule has 2 amide bonds. The lowest BCUT2D eigenvalue weighted by atomic mass is 10.1. The molecule has 0 unspecified atom stereocenters. The maximum absolute atomic E-state index is 12.9. The normalized spacial score (nSPS) is 14.4. The molecule has 0 spiro atoms. The van der Waals surface area contributed by atoms with E-state index in [1.807, 2.05) is 59.1 Å². The number of carbonyl (C=O) groups excluding carboxylic acids is 2. The summed E-state index contributed by atoms with van der Waals surface area (Å²) in [4.78, 5) is 33.0. The second-order valence-corrected chi connectivity index (χ2v) is 8.64. The van der Waals surface area contributed by atoms with Gasteiger partial charge in [-0.05, 0) is 30.2 Å². The fourth-order valence-electron chi connectivity index (χ4n) is 4.05. The summed E-state index contributed by atoms with van der Waals surface area (Å²) in [6.45, 7) is 6.35. The van der Waals surface area contributed by atoms with Gasteiger partial charge in [-0.2, -0.15) is 5.10 Å². The fourth-order valence-corrected chi connectivity index (χ4v) is 4.05. The maximum atomic E-state index is 12.9. The Kier molecular flexibility index (Phi) is 8.40. The second kappa shape index (κ2) is 12.1. The van der Waals surface area contributed by atoms with Crippen molar-refractivity contribution < 1.29 is 9.59 Å². The molecular formula is C27H32N6O2. The number of nitrogens with one attached hydrogen (secondary N) is 1. The molecule has 0 atom stereocenters. The number of hydrogen-bond acceptors (Lipinski definition) is 5. The summed E-state index contributed by atoms with van der Waals surface area (Å²) < 4.78 is 1.89. The van der Waals surface area contributed by atoms with E-state index in [1.54, 1.807) is 18.5 Å². The van der Waals surface area contributed by atoms with Crippen LogP contribution in [-0.4, -0.2) is 75.6 Å². The van der Waals surface area contributed by atoms with E-state index < -0.39 is 0 Å². The molecular weight excluding hydrogens is 440 g/mol. The zero-order chi connectivity index (χ0) is 24.5. The van der Waals surface area contributed by atoms with Gasteiger partial charge in [0, 0.05) is 68.5 Å². The number of carbonyl (C=O) groups is 2. The Morgan fingerprint density at radius 1 is 1.06 bits per heavy atom. The van der Waals surface area contributed by atoms with Gasteiger partial charge in [-0.3, -0.25) is 24.2 Å². The van der Waals surface area contributed by atoms with Crippen molar-refractivity contribution in [2.24, 2.45) is 0 Å². The van der Waals surface area contributed by atoms with Crippen LogP contribution < -0.4 is 5.32 Å². The second-order valence-electron chi connectivity index (χ2n) is 8.64. The molecule has 1 aliphatic heterocycles. The molecule has 182 valence electrons. The summed E-state index contributed by atoms with van der Waals surface area (Å²) in [5, 5.41) is 7.68. The van der Waals surface area contributed by atoms with Gasteiger partial charge in [0.25, 0.3) is 0 Å². The van der Waals surface area contributed by atoms with E-state index in [4.69, 9.17) is 5.10 Å². The molecule has 1 fully saturated rings. The largest absolute Gasteiger partial charge is 0.355 e. The number of nitrogens with zero attached hydrogens (tertiary/aromatic N) is 5. The third-order valence-electron chi connectivity index (χ3n) is 5.94. The Bertz CT molecular complexity index is 1130. The van der Waals surface area contributed by atoms with Crippen molar-refractivity contribution in [3.8, 4) is 11.3 Å². The third-order valence-corrected chi connectivity index (χ3v) is 5.94. The predicted octanol–water partition coefficient (Wildman–Crippen LogP) is 2.68. The van der Waals surface area contributed by atoms with Crippen LogP contribution in [0.15, 0.2) is 67.1 Å². The predicted molar refractivity (Wildman–Crippen MR) is 136 cm³/mol. The van der Waals surface area contributed by atoms with Gasteiger partial charge in [-0.1, -0.05) is 37.3 Å². The molecule has 1 saturated heterocycles. The van der Waals surface area contributed by atoms with Crippen LogP contribution in [0.25, 0.3) is 17.3 Å². The molecule has 8 heteroatoms. The van der Waals surface area contributed by atoms with Gasteiger partial charge < -0.3 is 10.2 Å². The lowest BCUT2D eigenvalue weighted by Crippen LogP contribution is -2.50. The van der Waals surface area contributed by atoms with E-state index in [1.165, 1.54) is 0 Å². The highest BCUT2D eigenvalue weighted by molar-refractivity contribution is 5.93. The molecule has 0 bridgehead atoms. The quantitative estimate of drug-likeness (QED) is 0.484. The highest BCUT2D eigenvalue weighted by atomic mass is 16.2. The van der Waals surface area contributed by atoms with Gasteiger partial charge in [0.15, 0.2) is 0 Å². The van der Waals surface area contributed by atoms with Crippen molar-refractivity contribution in [3.63, 3.8) is 0 Å². The Hall–Kier alpha value is -3.78. The van der Waals surface area contributed by atoms with Crippen LogP contribution in [-0.2, 0) is 16.1 Å². The number of pyridine rings is 1. The van der Waals surface area contributed by atoms with Crippen molar-refractivity contribution >= 4 is 17.9 Å². The average molecular weight is 473 g/mol. The van der Waals surface area contributed by atoms with E-state index in [9.17, 15) is 9.59 Å². The lowest BCUT2D eigenvalue weighted by Gasteiger charge is -2.33. The molecule has 35 heavy (non-hydrogen) atoms. The van der Waals surface area contributed by atoms with Gasteiger partial charge in [0.05, 0.1) is 13.1 Å². The molecule has 8 nitrogen and oxygen atoms in total. The van der Waals surface area contributed by atoms with Crippen LogP contribution in [0.5, 0.6) is 0 Å². The van der Waals surface area contributed by atoms with Crippen LogP contribution in [0.2, 0.25) is 0 Å². The summed E-state index contributed by atoms with van der Waals surface area (Å²) in [6.07, 6.45) is 9.86. The third kappa shape index (κ3) is 6.86. The van der Waals surface area contributed by atoms with E-state index >= 15 is 0 Å². The van der Waals surface area contributed by atoms with Crippen LogP contribution in [0.1, 0.15) is 24.5 Å². The molecule has 0 aliphatic carbocycles. The van der Waals surface area contributed by atoms with Crippen LogP contribution in [0, 0.1) is 0 Å². The average Bonchev–Trinajstić information content (AvgIpc) is 3.30. The molecule has 0 radical (unpaired) electrons. The number of rotatable bonds is 9. The van der Waals surface area contributed by atoms with Crippen molar-refractivity contribution in [1.82, 2.24) is 29.9 Å².